The van der Waals surface area contributed by atoms with Gasteiger partial charge in [-0.2, -0.15) is 0 Å². The van der Waals surface area contributed by atoms with E-state index in [1.165, 1.54) is 25.8 Å². The van der Waals surface area contributed by atoms with Crippen LogP contribution >= 0.6 is 22.6 Å². The first-order valence-electron chi connectivity index (χ1n) is 6.13. The minimum Gasteiger partial charge on any atom is -0.324 e. The first-order chi connectivity index (χ1) is 8.56. The lowest BCUT2D eigenvalue weighted by atomic mass is 9.97. The Morgan fingerprint density at radius 3 is 2.28 bits per heavy atom. The molecule has 0 aliphatic carbocycles. The van der Waals surface area contributed by atoms with Gasteiger partial charge in [0.15, 0.2) is 0 Å². The molecule has 0 bridgehead atoms. The molecule has 0 aliphatic rings. The zero-order chi connectivity index (χ0) is 13.1. The quantitative estimate of drug-likeness (QED) is 0.826. The van der Waals surface area contributed by atoms with E-state index < -0.39 is 0 Å². The Labute approximate surface area is 123 Å². The van der Waals surface area contributed by atoms with Crippen molar-refractivity contribution in [2.45, 2.75) is 26.3 Å². The van der Waals surface area contributed by atoms with Crippen LogP contribution in [0.15, 0.2) is 42.5 Å². The van der Waals surface area contributed by atoms with E-state index in [4.69, 9.17) is 5.73 Å². The van der Waals surface area contributed by atoms with Gasteiger partial charge in [-0.3, -0.25) is 0 Å². The SMILES string of the molecule is Cc1ccc(C(N)Cc2ccc(I)cc2)cc1C. The number of rotatable bonds is 3. The predicted octanol–water partition coefficient (Wildman–Crippen LogP) is 4.15. The van der Waals surface area contributed by atoms with Gasteiger partial charge in [-0.1, -0.05) is 30.3 Å². The summed E-state index contributed by atoms with van der Waals surface area (Å²) in [6.07, 6.45) is 0.888. The summed E-state index contributed by atoms with van der Waals surface area (Å²) in [5.41, 5.74) is 11.4. The summed E-state index contributed by atoms with van der Waals surface area (Å²) >= 11 is 2.32. The van der Waals surface area contributed by atoms with Crippen LogP contribution in [-0.2, 0) is 6.42 Å². The molecule has 18 heavy (non-hydrogen) atoms. The molecule has 0 radical (unpaired) electrons. The molecule has 0 saturated heterocycles. The Morgan fingerprint density at radius 1 is 1.00 bits per heavy atom. The molecule has 2 aromatic rings. The standard InChI is InChI=1S/C16H18IN/c1-11-3-6-14(9-12(11)2)16(18)10-13-4-7-15(17)8-5-13/h3-9,16H,10,18H2,1-2H3. The minimum absolute atomic E-state index is 0.0735. The Kier molecular flexibility index (Phi) is 4.40. The summed E-state index contributed by atoms with van der Waals surface area (Å²) in [7, 11) is 0. The molecular formula is C16H18IN. The Bertz CT molecular complexity index is 531. The van der Waals surface area contributed by atoms with Gasteiger partial charge in [-0.15, -0.1) is 0 Å². The molecule has 0 aromatic heterocycles. The number of nitrogens with two attached hydrogens (primary N) is 1. The van der Waals surface area contributed by atoms with Crippen LogP contribution < -0.4 is 5.73 Å². The molecular weight excluding hydrogens is 333 g/mol. The van der Waals surface area contributed by atoms with E-state index in [1.54, 1.807) is 0 Å². The van der Waals surface area contributed by atoms with E-state index in [0.29, 0.717) is 0 Å². The molecule has 1 atom stereocenters. The largest absolute Gasteiger partial charge is 0.324 e. The van der Waals surface area contributed by atoms with E-state index >= 15 is 0 Å². The fraction of sp³-hybridized carbons (Fsp3) is 0.250. The van der Waals surface area contributed by atoms with Gasteiger partial charge in [0.05, 0.1) is 0 Å². The second-order valence-electron chi connectivity index (χ2n) is 4.78. The normalized spacial score (nSPS) is 12.4. The zero-order valence-electron chi connectivity index (χ0n) is 10.8. The molecule has 2 heteroatoms. The lowest BCUT2D eigenvalue weighted by Gasteiger charge is -2.14. The smallest absolute Gasteiger partial charge is 0.0335 e. The molecule has 0 fully saturated rings. The highest BCUT2D eigenvalue weighted by Crippen LogP contribution is 2.19. The lowest BCUT2D eigenvalue weighted by molar-refractivity contribution is 0.721. The van der Waals surface area contributed by atoms with Gasteiger partial charge < -0.3 is 5.73 Å². The Morgan fingerprint density at radius 2 is 1.67 bits per heavy atom. The minimum atomic E-state index is 0.0735. The van der Waals surface area contributed by atoms with Crippen molar-refractivity contribution in [2.24, 2.45) is 5.73 Å². The van der Waals surface area contributed by atoms with Crippen molar-refractivity contribution < 1.29 is 0 Å². The highest BCUT2D eigenvalue weighted by molar-refractivity contribution is 14.1. The number of benzene rings is 2. The van der Waals surface area contributed by atoms with Crippen LogP contribution in [-0.4, -0.2) is 0 Å². The van der Waals surface area contributed by atoms with E-state index in [1.807, 2.05) is 0 Å². The van der Waals surface area contributed by atoms with Gasteiger partial charge in [-0.25, -0.2) is 0 Å². The summed E-state index contributed by atoms with van der Waals surface area (Å²) in [6.45, 7) is 4.26. The lowest BCUT2D eigenvalue weighted by Crippen LogP contribution is -2.13. The predicted molar refractivity (Wildman–Crippen MR) is 85.7 cm³/mol. The van der Waals surface area contributed by atoms with Crippen molar-refractivity contribution in [3.63, 3.8) is 0 Å². The van der Waals surface area contributed by atoms with Gasteiger partial charge in [0.2, 0.25) is 0 Å². The van der Waals surface area contributed by atoms with Crippen LogP contribution in [0, 0.1) is 17.4 Å². The molecule has 94 valence electrons. The highest BCUT2D eigenvalue weighted by Gasteiger charge is 2.08. The molecule has 2 rings (SSSR count). The summed E-state index contributed by atoms with van der Waals surface area (Å²) in [6, 6.07) is 15.1. The summed E-state index contributed by atoms with van der Waals surface area (Å²) < 4.78 is 1.26. The van der Waals surface area contributed by atoms with Gasteiger partial charge in [0, 0.05) is 9.61 Å². The van der Waals surface area contributed by atoms with E-state index in [2.05, 4.69) is 78.9 Å². The molecule has 0 heterocycles. The number of halogens is 1. The molecule has 1 nitrogen and oxygen atoms in total. The maximum absolute atomic E-state index is 6.28. The molecule has 0 aliphatic heterocycles. The van der Waals surface area contributed by atoms with Crippen molar-refractivity contribution in [1.82, 2.24) is 0 Å². The molecule has 2 N–H and O–H groups in total. The third-order valence-electron chi connectivity index (χ3n) is 3.33. The summed E-state index contributed by atoms with van der Waals surface area (Å²) in [5, 5.41) is 0. The monoisotopic (exact) mass is 351 g/mol. The van der Waals surface area contributed by atoms with Crippen LogP contribution in [0.1, 0.15) is 28.3 Å². The van der Waals surface area contributed by atoms with Crippen molar-refractivity contribution in [3.05, 3.63) is 68.3 Å². The van der Waals surface area contributed by atoms with Crippen LogP contribution in [0.25, 0.3) is 0 Å². The molecule has 0 amide bonds. The average molecular weight is 351 g/mol. The number of hydrogen-bond donors (Lipinski definition) is 1. The fourth-order valence-electron chi connectivity index (χ4n) is 1.99. The number of hydrogen-bond acceptors (Lipinski definition) is 1. The van der Waals surface area contributed by atoms with Gasteiger partial charge in [0.1, 0.15) is 0 Å². The van der Waals surface area contributed by atoms with E-state index in [9.17, 15) is 0 Å². The summed E-state index contributed by atoms with van der Waals surface area (Å²) in [5.74, 6) is 0. The second kappa shape index (κ2) is 5.85. The third-order valence-corrected chi connectivity index (χ3v) is 4.05. The number of aryl methyl sites for hydroxylation is 2. The first-order valence-corrected chi connectivity index (χ1v) is 7.21. The van der Waals surface area contributed by atoms with Crippen molar-refractivity contribution in [1.29, 1.82) is 0 Å². The highest BCUT2D eigenvalue weighted by atomic mass is 127. The van der Waals surface area contributed by atoms with E-state index in [-0.39, 0.29) is 6.04 Å². The van der Waals surface area contributed by atoms with Crippen LogP contribution in [0.3, 0.4) is 0 Å². The zero-order valence-corrected chi connectivity index (χ0v) is 12.9. The Hall–Kier alpha value is -0.870. The summed E-state index contributed by atoms with van der Waals surface area (Å²) in [4.78, 5) is 0. The van der Waals surface area contributed by atoms with Crippen LogP contribution in [0.4, 0.5) is 0 Å². The first kappa shape index (κ1) is 13.6. The molecule has 1 unspecified atom stereocenters. The fourth-order valence-corrected chi connectivity index (χ4v) is 2.35. The molecule has 2 aromatic carbocycles. The second-order valence-corrected chi connectivity index (χ2v) is 6.03. The molecule has 0 spiro atoms. The van der Waals surface area contributed by atoms with Gasteiger partial charge in [0.25, 0.3) is 0 Å². The molecule has 0 saturated carbocycles. The van der Waals surface area contributed by atoms with Gasteiger partial charge in [-0.05, 0) is 77.2 Å². The maximum atomic E-state index is 6.28. The van der Waals surface area contributed by atoms with Crippen LogP contribution in [0.5, 0.6) is 0 Å². The van der Waals surface area contributed by atoms with Crippen molar-refractivity contribution in [3.8, 4) is 0 Å². The van der Waals surface area contributed by atoms with Crippen LogP contribution in [0.2, 0.25) is 0 Å². The third kappa shape index (κ3) is 3.33. The topological polar surface area (TPSA) is 26.0 Å². The van der Waals surface area contributed by atoms with Crippen molar-refractivity contribution >= 4 is 22.6 Å². The van der Waals surface area contributed by atoms with Crippen molar-refractivity contribution in [2.75, 3.05) is 0 Å². The average Bonchev–Trinajstić information content (AvgIpc) is 2.35. The van der Waals surface area contributed by atoms with E-state index in [0.717, 1.165) is 6.42 Å². The Balaban J connectivity index is 2.13. The van der Waals surface area contributed by atoms with Gasteiger partial charge >= 0.3 is 0 Å². The maximum Gasteiger partial charge on any atom is 0.0335 e.